The van der Waals surface area contributed by atoms with Crippen LogP contribution < -0.4 is 5.23 Å². The van der Waals surface area contributed by atoms with Gasteiger partial charge in [0.05, 0.1) is 0 Å². The first kappa shape index (κ1) is 8.02. The lowest BCUT2D eigenvalue weighted by Gasteiger charge is -1.96. The van der Waals surface area contributed by atoms with Crippen LogP contribution in [0.15, 0.2) is 0 Å². The second-order valence-corrected chi connectivity index (χ2v) is 2.10. The summed E-state index contributed by atoms with van der Waals surface area (Å²) in [7, 11) is 1.18. The predicted octanol–water partition coefficient (Wildman–Crippen LogP) is 1.17. The maximum Gasteiger partial charge on any atom is 0.200 e. The molecule has 0 aliphatic heterocycles. The highest BCUT2D eigenvalue weighted by atomic mass is 14.7. The van der Waals surface area contributed by atoms with Gasteiger partial charge in [0, 0.05) is 0 Å². The highest BCUT2D eigenvalue weighted by Crippen LogP contribution is 1.81. The van der Waals surface area contributed by atoms with Crippen molar-refractivity contribution in [2.24, 2.45) is 0 Å². The van der Waals surface area contributed by atoms with E-state index in [1.165, 1.54) is 33.1 Å². The van der Waals surface area contributed by atoms with E-state index in [1.807, 2.05) is 0 Å². The summed E-state index contributed by atoms with van der Waals surface area (Å²) in [6, 6.07) is 0. The van der Waals surface area contributed by atoms with Crippen LogP contribution in [0.3, 0.4) is 0 Å². The average Bonchev–Trinajstić information content (AvgIpc) is 1.81. The molecular formula is C6H16BN. The Balaban J connectivity index is 2.53. The fourth-order valence-electron chi connectivity index (χ4n) is 0.604. The van der Waals surface area contributed by atoms with Gasteiger partial charge in [0.25, 0.3) is 0 Å². The number of rotatable bonds is 5. The third-order valence-corrected chi connectivity index (χ3v) is 1.13. The van der Waals surface area contributed by atoms with Crippen molar-refractivity contribution in [2.75, 3.05) is 6.54 Å². The minimum Gasteiger partial charge on any atom is -0.359 e. The van der Waals surface area contributed by atoms with Crippen molar-refractivity contribution in [1.29, 1.82) is 0 Å². The molecule has 0 unspecified atom stereocenters. The van der Waals surface area contributed by atoms with Gasteiger partial charge in [0.15, 0.2) is 0 Å². The van der Waals surface area contributed by atoms with Gasteiger partial charge in [-0.1, -0.05) is 26.6 Å². The summed E-state index contributed by atoms with van der Waals surface area (Å²) < 4.78 is 0. The molecule has 0 saturated carbocycles. The highest BCUT2D eigenvalue weighted by molar-refractivity contribution is 6.31. The van der Waals surface area contributed by atoms with Crippen LogP contribution in [0.25, 0.3) is 0 Å². The van der Waals surface area contributed by atoms with Crippen LogP contribution >= 0.6 is 0 Å². The van der Waals surface area contributed by atoms with Crippen molar-refractivity contribution >= 4 is 7.41 Å². The number of hydrogen-bond donors (Lipinski definition) is 1. The van der Waals surface area contributed by atoms with Crippen molar-refractivity contribution in [2.45, 2.75) is 33.0 Å². The SMILES string of the molecule is CCBNCCCC. The molecule has 0 aromatic carbocycles. The van der Waals surface area contributed by atoms with E-state index in [9.17, 15) is 0 Å². The summed E-state index contributed by atoms with van der Waals surface area (Å²) in [5.74, 6) is 0. The third kappa shape index (κ3) is 6.02. The van der Waals surface area contributed by atoms with E-state index in [4.69, 9.17) is 0 Å². The van der Waals surface area contributed by atoms with Crippen molar-refractivity contribution in [3.05, 3.63) is 0 Å². The smallest absolute Gasteiger partial charge is 0.200 e. The molecule has 0 radical (unpaired) electrons. The van der Waals surface area contributed by atoms with Crippen molar-refractivity contribution in [3.8, 4) is 0 Å². The second kappa shape index (κ2) is 7.02. The van der Waals surface area contributed by atoms with Crippen LogP contribution in [0.2, 0.25) is 6.32 Å². The molecule has 2 heteroatoms. The van der Waals surface area contributed by atoms with Gasteiger partial charge in [-0.25, -0.2) is 0 Å². The van der Waals surface area contributed by atoms with Gasteiger partial charge in [-0.15, -0.1) is 0 Å². The van der Waals surface area contributed by atoms with Crippen LogP contribution in [0.5, 0.6) is 0 Å². The Labute approximate surface area is 53.1 Å². The van der Waals surface area contributed by atoms with Gasteiger partial charge < -0.3 is 5.23 Å². The van der Waals surface area contributed by atoms with E-state index < -0.39 is 0 Å². The van der Waals surface area contributed by atoms with Crippen molar-refractivity contribution < 1.29 is 0 Å². The molecule has 0 rings (SSSR count). The molecule has 1 N–H and O–H groups in total. The molecule has 0 heterocycles. The van der Waals surface area contributed by atoms with E-state index >= 15 is 0 Å². The van der Waals surface area contributed by atoms with Gasteiger partial charge in [-0.05, 0) is 13.0 Å². The van der Waals surface area contributed by atoms with Gasteiger partial charge >= 0.3 is 0 Å². The zero-order chi connectivity index (χ0) is 6.24. The molecule has 48 valence electrons. The molecule has 0 aliphatic carbocycles. The Bertz CT molecular complexity index is 33.5. The number of nitrogens with one attached hydrogen (secondary N) is 1. The lowest BCUT2D eigenvalue weighted by atomic mass is 9.91. The normalized spacial score (nSPS) is 9.25. The lowest BCUT2D eigenvalue weighted by molar-refractivity contribution is 0.765. The van der Waals surface area contributed by atoms with E-state index in [0.717, 1.165) is 0 Å². The summed E-state index contributed by atoms with van der Waals surface area (Å²) in [6.07, 6.45) is 3.88. The van der Waals surface area contributed by atoms with E-state index in [0.29, 0.717) is 0 Å². The summed E-state index contributed by atoms with van der Waals surface area (Å²) in [6.45, 7) is 5.61. The maximum atomic E-state index is 3.34. The van der Waals surface area contributed by atoms with Crippen molar-refractivity contribution in [3.63, 3.8) is 0 Å². The third-order valence-electron chi connectivity index (χ3n) is 1.13. The van der Waals surface area contributed by atoms with Crippen LogP contribution in [-0.2, 0) is 0 Å². The van der Waals surface area contributed by atoms with Crippen LogP contribution in [0.1, 0.15) is 26.7 Å². The zero-order valence-corrected chi connectivity index (χ0v) is 6.04. The quantitative estimate of drug-likeness (QED) is 0.416. The van der Waals surface area contributed by atoms with Crippen LogP contribution in [0.4, 0.5) is 0 Å². The molecule has 0 aromatic heterocycles. The van der Waals surface area contributed by atoms with Gasteiger partial charge in [0.2, 0.25) is 7.41 Å². The topological polar surface area (TPSA) is 12.0 Å². The zero-order valence-electron chi connectivity index (χ0n) is 6.04. The first-order chi connectivity index (χ1) is 3.91. The first-order valence-electron chi connectivity index (χ1n) is 3.62. The molecule has 0 atom stereocenters. The van der Waals surface area contributed by atoms with Gasteiger partial charge in [0.1, 0.15) is 0 Å². The van der Waals surface area contributed by atoms with E-state index in [-0.39, 0.29) is 0 Å². The Morgan fingerprint density at radius 1 is 1.38 bits per heavy atom. The first-order valence-corrected chi connectivity index (χ1v) is 3.62. The Kier molecular flexibility index (Phi) is 7.05. The van der Waals surface area contributed by atoms with E-state index in [2.05, 4.69) is 19.1 Å². The molecule has 0 bridgehead atoms. The Morgan fingerprint density at radius 2 is 2.12 bits per heavy atom. The largest absolute Gasteiger partial charge is 0.359 e. The number of unbranched alkanes of at least 4 members (excludes halogenated alkanes) is 1. The standard InChI is InChI=1S/C6H16BN/c1-3-5-6-8-7-4-2/h7-8H,3-6H2,1-2H3. The summed E-state index contributed by atoms with van der Waals surface area (Å²) in [5, 5.41) is 3.34. The minimum absolute atomic E-state index is 1.18. The molecule has 8 heavy (non-hydrogen) atoms. The molecule has 1 nitrogen and oxygen atoms in total. The summed E-state index contributed by atoms with van der Waals surface area (Å²) in [5.41, 5.74) is 0. The highest BCUT2D eigenvalue weighted by Gasteiger charge is 1.83. The molecule has 0 amide bonds. The van der Waals surface area contributed by atoms with E-state index in [1.54, 1.807) is 0 Å². The molecule has 0 spiro atoms. The predicted molar refractivity (Wildman–Crippen MR) is 40.5 cm³/mol. The van der Waals surface area contributed by atoms with Gasteiger partial charge in [-0.3, -0.25) is 0 Å². The molecule has 0 aliphatic rings. The summed E-state index contributed by atoms with van der Waals surface area (Å²) in [4.78, 5) is 0. The monoisotopic (exact) mass is 113 g/mol. The molecule has 0 saturated heterocycles. The minimum atomic E-state index is 1.18. The number of hydrogen-bond acceptors (Lipinski definition) is 1. The molecule has 0 fully saturated rings. The molecular weight excluding hydrogens is 96.9 g/mol. The molecule has 0 aromatic rings. The lowest BCUT2D eigenvalue weighted by Crippen LogP contribution is -2.18. The fraction of sp³-hybridized carbons (Fsp3) is 1.00. The Morgan fingerprint density at radius 3 is 2.62 bits per heavy atom. The second-order valence-electron chi connectivity index (χ2n) is 2.10. The summed E-state index contributed by atoms with van der Waals surface area (Å²) >= 11 is 0. The average molecular weight is 113 g/mol. The van der Waals surface area contributed by atoms with Crippen LogP contribution in [0, 0.1) is 0 Å². The maximum absolute atomic E-state index is 3.34. The Hall–Kier alpha value is 0.0249. The van der Waals surface area contributed by atoms with Crippen LogP contribution in [-0.4, -0.2) is 14.0 Å². The van der Waals surface area contributed by atoms with Crippen molar-refractivity contribution in [1.82, 2.24) is 5.23 Å². The van der Waals surface area contributed by atoms with Gasteiger partial charge in [-0.2, -0.15) is 0 Å². The fourth-order valence-corrected chi connectivity index (χ4v) is 0.604.